The molecule has 0 saturated heterocycles. The zero-order valence-electron chi connectivity index (χ0n) is 16.2. The number of aryl methyl sites for hydroxylation is 1. The summed E-state index contributed by atoms with van der Waals surface area (Å²) in [5, 5.41) is 4.14. The molecule has 4 heterocycles. The molecule has 5 rings (SSSR count). The molecule has 0 unspecified atom stereocenters. The van der Waals surface area contributed by atoms with E-state index >= 15 is 0 Å². The lowest BCUT2D eigenvalue weighted by atomic mass is 10.1. The number of anilines is 1. The Balaban J connectivity index is 1.72. The number of rotatable bonds is 4. The Morgan fingerprint density at radius 3 is 2.73 bits per heavy atom. The van der Waals surface area contributed by atoms with Gasteiger partial charge in [0.2, 0.25) is 5.95 Å². The summed E-state index contributed by atoms with van der Waals surface area (Å²) in [5.74, 6) is 0.0350. The van der Waals surface area contributed by atoms with Crippen molar-refractivity contribution in [3.8, 4) is 22.6 Å². The highest BCUT2D eigenvalue weighted by molar-refractivity contribution is 5.80. The standard InChI is InChI=1S/C22H18FN7/c1-14-4-2-7-18(27-14)21-20(16-8-9-30-19(11-16)25-13-26-30)28-22(24)29(21)12-15-5-3-6-17(23)10-15/h2-11,13H,12H2,1H3,(H2,24,28). The molecule has 30 heavy (non-hydrogen) atoms. The molecule has 0 aliphatic rings. The Morgan fingerprint density at radius 1 is 1.03 bits per heavy atom. The normalized spacial score (nSPS) is 11.3. The maximum Gasteiger partial charge on any atom is 0.201 e. The van der Waals surface area contributed by atoms with E-state index in [4.69, 9.17) is 10.7 Å². The number of benzene rings is 1. The number of nitrogens with two attached hydrogens (primary N) is 1. The molecular formula is C22H18FN7. The third-order valence-corrected chi connectivity index (χ3v) is 4.91. The summed E-state index contributed by atoms with van der Waals surface area (Å²) < 4.78 is 17.3. The molecule has 0 aliphatic carbocycles. The minimum atomic E-state index is -0.293. The quantitative estimate of drug-likeness (QED) is 0.498. The van der Waals surface area contributed by atoms with Gasteiger partial charge < -0.3 is 10.3 Å². The van der Waals surface area contributed by atoms with Gasteiger partial charge in [0.1, 0.15) is 17.8 Å². The molecular weight excluding hydrogens is 381 g/mol. The van der Waals surface area contributed by atoms with Crippen molar-refractivity contribution in [3.63, 3.8) is 0 Å². The van der Waals surface area contributed by atoms with Crippen LogP contribution in [0.2, 0.25) is 0 Å². The topological polar surface area (TPSA) is 86.9 Å². The third-order valence-electron chi connectivity index (χ3n) is 4.91. The number of halogens is 1. The lowest BCUT2D eigenvalue weighted by Crippen LogP contribution is -2.07. The first-order chi connectivity index (χ1) is 14.6. The minimum Gasteiger partial charge on any atom is -0.369 e. The van der Waals surface area contributed by atoms with Crippen molar-refractivity contribution in [1.82, 2.24) is 29.1 Å². The van der Waals surface area contributed by atoms with E-state index in [0.717, 1.165) is 28.2 Å². The Hall–Kier alpha value is -4.07. The maximum atomic E-state index is 13.8. The van der Waals surface area contributed by atoms with E-state index in [0.29, 0.717) is 23.8 Å². The molecule has 4 aromatic heterocycles. The van der Waals surface area contributed by atoms with Gasteiger partial charge in [-0.15, -0.1) is 0 Å². The van der Waals surface area contributed by atoms with Gasteiger partial charge in [-0.05, 0) is 48.9 Å². The largest absolute Gasteiger partial charge is 0.369 e. The number of pyridine rings is 2. The van der Waals surface area contributed by atoms with Crippen molar-refractivity contribution in [2.24, 2.45) is 0 Å². The fraction of sp³-hybridized carbons (Fsp3) is 0.0909. The number of nitrogens with zero attached hydrogens (tertiary/aromatic N) is 6. The number of nitrogen functional groups attached to an aromatic ring is 1. The summed E-state index contributed by atoms with van der Waals surface area (Å²) in [4.78, 5) is 13.6. The molecule has 1 aromatic carbocycles. The van der Waals surface area contributed by atoms with E-state index in [9.17, 15) is 4.39 Å². The Kier molecular flexibility index (Phi) is 4.24. The van der Waals surface area contributed by atoms with E-state index in [1.807, 2.05) is 54.1 Å². The van der Waals surface area contributed by atoms with Crippen molar-refractivity contribution in [2.45, 2.75) is 13.5 Å². The van der Waals surface area contributed by atoms with Crippen LogP contribution in [0.5, 0.6) is 0 Å². The van der Waals surface area contributed by atoms with Crippen LogP contribution in [0.4, 0.5) is 10.3 Å². The van der Waals surface area contributed by atoms with Gasteiger partial charge in [-0.3, -0.25) is 4.98 Å². The van der Waals surface area contributed by atoms with E-state index in [-0.39, 0.29) is 5.82 Å². The molecule has 148 valence electrons. The van der Waals surface area contributed by atoms with Crippen LogP contribution >= 0.6 is 0 Å². The van der Waals surface area contributed by atoms with Gasteiger partial charge in [-0.1, -0.05) is 18.2 Å². The molecule has 7 nitrogen and oxygen atoms in total. The smallest absolute Gasteiger partial charge is 0.201 e. The van der Waals surface area contributed by atoms with E-state index < -0.39 is 0 Å². The molecule has 0 saturated carbocycles. The minimum absolute atomic E-state index is 0.293. The van der Waals surface area contributed by atoms with Gasteiger partial charge in [-0.2, -0.15) is 5.10 Å². The molecule has 0 bridgehead atoms. The number of fused-ring (bicyclic) bond motifs is 1. The predicted molar refractivity (Wildman–Crippen MR) is 112 cm³/mol. The molecule has 5 aromatic rings. The predicted octanol–water partition coefficient (Wildman–Crippen LogP) is 3.73. The lowest BCUT2D eigenvalue weighted by molar-refractivity contribution is 0.624. The molecule has 0 atom stereocenters. The van der Waals surface area contributed by atoms with Crippen LogP contribution in [0.25, 0.3) is 28.3 Å². The summed E-state index contributed by atoms with van der Waals surface area (Å²) in [6, 6.07) is 16.1. The fourth-order valence-corrected chi connectivity index (χ4v) is 3.55. The number of hydrogen-bond donors (Lipinski definition) is 1. The molecule has 8 heteroatoms. The number of aromatic nitrogens is 6. The highest BCUT2D eigenvalue weighted by Gasteiger charge is 2.21. The summed E-state index contributed by atoms with van der Waals surface area (Å²) in [7, 11) is 0. The summed E-state index contributed by atoms with van der Waals surface area (Å²) in [6.45, 7) is 2.30. The zero-order valence-corrected chi connectivity index (χ0v) is 16.2. The van der Waals surface area contributed by atoms with Crippen LogP contribution < -0.4 is 5.73 Å². The maximum absolute atomic E-state index is 13.8. The average Bonchev–Trinajstić information content (AvgIpc) is 3.32. The fourth-order valence-electron chi connectivity index (χ4n) is 3.55. The SMILES string of the molecule is Cc1cccc(-c2c(-c3ccn4ncnc4c3)nc(N)n2Cc2cccc(F)c2)n1. The first-order valence-electron chi connectivity index (χ1n) is 9.43. The van der Waals surface area contributed by atoms with Crippen LogP contribution in [0.15, 0.2) is 67.1 Å². The van der Waals surface area contributed by atoms with Crippen LogP contribution in [0, 0.1) is 12.7 Å². The van der Waals surface area contributed by atoms with Crippen molar-refractivity contribution in [1.29, 1.82) is 0 Å². The Bertz CT molecular complexity index is 1370. The molecule has 0 fully saturated rings. The van der Waals surface area contributed by atoms with E-state index in [1.54, 1.807) is 10.6 Å². The molecule has 0 aliphatic heterocycles. The van der Waals surface area contributed by atoms with Gasteiger partial charge >= 0.3 is 0 Å². The van der Waals surface area contributed by atoms with Crippen LogP contribution in [-0.2, 0) is 6.54 Å². The Labute approximate surface area is 171 Å². The van der Waals surface area contributed by atoms with Crippen molar-refractivity contribution >= 4 is 11.6 Å². The van der Waals surface area contributed by atoms with Gasteiger partial charge in [0.25, 0.3) is 0 Å². The van der Waals surface area contributed by atoms with Gasteiger partial charge in [0.15, 0.2) is 5.65 Å². The second kappa shape index (κ2) is 7.07. The highest BCUT2D eigenvalue weighted by atomic mass is 19.1. The first-order valence-corrected chi connectivity index (χ1v) is 9.43. The van der Waals surface area contributed by atoms with Crippen LogP contribution in [-0.4, -0.2) is 29.1 Å². The second-order valence-electron chi connectivity index (χ2n) is 7.03. The zero-order chi connectivity index (χ0) is 20.7. The summed E-state index contributed by atoms with van der Waals surface area (Å²) >= 11 is 0. The number of hydrogen-bond acceptors (Lipinski definition) is 5. The monoisotopic (exact) mass is 399 g/mol. The molecule has 0 spiro atoms. The van der Waals surface area contributed by atoms with Crippen molar-refractivity contribution in [2.75, 3.05) is 5.73 Å². The van der Waals surface area contributed by atoms with Crippen LogP contribution in [0.3, 0.4) is 0 Å². The third kappa shape index (κ3) is 3.18. The van der Waals surface area contributed by atoms with Crippen molar-refractivity contribution < 1.29 is 4.39 Å². The summed E-state index contributed by atoms with van der Waals surface area (Å²) in [6.07, 6.45) is 3.33. The van der Waals surface area contributed by atoms with Gasteiger partial charge in [0, 0.05) is 17.5 Å². The van der Waals surface area contributed by atoms with E-state index in [2.05, 4.69) is 15.1 Å². The average molecular weight is 399 g/mol. The number of imidazole rings is 1. The molecule has 2 N–H and O–H groups in total. The second-order valence-corrected chi connectivity index (χ2v) is 7.03. The molecule has 0 amide bonds. The van der Waals surface area contributed by atoms with E-state index in [1.165, 1.54) is 18.5 Å². The van der Waals surface area contributed by atoms with Gasteiger partial charge in [-0.25, -0.2) is 18.9 Å². The highest BCUT2D eigenvalue weighted by Crippen LogP contribution is 2.34. The Morgan fingerprint density at radius 2 is 1.90 bits per heavy atom. The van der Waals surface area contributed by atoms with Crippen LogP contribution in [0.1, 0.15) is 11.3 Å². The lowest BCUT2D eigenvalue weighted by Gasteiger charge is -2.12. The molecule has 0 radical (unpaired) electrons. The van der Waals surface area contributed by atoms with Gasteiger partial charge in [0.05, 0.1) is 17.9 Å². The summed E-state index contributed by atoms with van der Waals surface area (Å²) in [5.41, 5.74) is 11.7. The first kappa shape index (κ1) is 18.0. The van der Waals surface area contributed by atoms with Crippen molar-refractivity contribution in [3.05, 3.63) is 84.2 Å².